The van der Waals surface area contributed by atoms with E-state index in [1.54, 1.807) is 24.3 Å². The molecule has 0 saturated carbocycles. The first-order chi connectivity index (χ1) is 24.7. The molecule has 6 heteroatoms. The number of carbonyl (C=O) groups excluding carboxylic acids is 2. The molecule has 0 fully saturated rings. The van der Waals surface area contributed by atoms with Crippen molar-refractivity contribution >= 4 is 29.0 Å². The molecule has 0 bridgehead atoms. The standard InChI is InChI=1S/C45H45N2O4/c1-44(2)36-24-15-17-26-38(36)46(30-32-50-42(48)34-20-11-7-5-8-12-21-34)40(44)28-19-29-41-45(3,4)37-25-16-18-27-39(37)47(41)31-33-51-43(49)35-22-13-9-6-10-14-23-35/h5-29H,30-33H2,1-4H3/q+1/b7-5-,8-5?,9-6-,10-6?,11-7?,12-8-,13-9?,14-10-,20-11?,21-12?,22-13?,23-14?,34-20?,34-21?,35-22?,35-23?. The zero-order valence-corrected chi connectivity index (χ0v) is 29.8. The van der Waals surface area contributed by atoms with Gasteiger partial charge in [-0.15, -0.1) is 0 Å². The van der Waals surface area contributed by atoms with E-state index in [4.69, 9.17) is 9.47 Å². The number of benzene rings is 2. The van der Waals surface area contributed by atoms with Crippen LogP contribution < -0.4 is 4.90 Å². The van der Waals surface area contributed by atoms with Crippen molar-refractivity contribution in [3.63, 3.8) is 0 Å². The highest BCUT2D eigenvalue weighted by Crippen LogP contribution is 2.47. The molecule has 6 rings (SSSR count). The van der Waals surface area contributed by atoms with Crippen LogP contribution in [0.5, 0.6) is 0 Å². The minimum atomic E-state index is -0.347. The average molecular weight is 678 g/mol. The van der Waals surface area contributed by atoms with Crippen LogP contribution in [-0.4, -0.2) is 48.5 Å². The molecule has 0 spiro atoms. The number of fused-ring (bicyclic) bond motifs is 2. The van der Waals surface area contributed by atoms with E-state index in [1.807, 2.05) is 72.9 Å². The van der Waals surface area contributed by atoms with Crippen molar-refractivity contribution in [2.75, 3.05) is 31.2 Å². The van der Waals surface area contributed by atoms with Gasteiger partial charge in [-0.1, -0.05) is 117 Å². The molecule has 2 aromatic rings. The van der Waals surface area contributed by atoms with Crippen molar-refractivity contribution in [2.45, 2.75) is 38.5 Å². The fraction of sp³-hybridized carbons (Fsp3) is 0.222. The molecule has 0 radical (unpaired) electrons. The van der Waals surface area contributed by atoms with Crippen LogP contribution >= 0.6 is 0 Å². The number of allylic oxidation sites excluding steroid dienone is 16. The summed E-state index contributed by atoms with van der Waals surface area (Å²) in [5.41, 5.74) is 7.39. The van der Waals surface area contributed by atoms with Gasteiger partial charge in [-0.25, -0.2) is 9.59 Å². The van der Waals surface area contributed by atoms with E-state index in [1.165, 1.54) is 11.1 Å². The molecule has 2 heterocycles. The van der Waals surface area contributed by atoms with E-state index in [-0.39, 0.29) is 36.0 Å². The number of para-hydroxylation sites is 2. The predicted molar refractivity (Wildman–Crippen MR) is 206 cm³/mol. The molecule has 0 N–H and O–H groups in total. The molecule has 0 saturated heterocycles. The van der Waals surface area contributed by atoms with Gasteiger partial charge in [-0.3, -0.25) is 0 Å². The Morgan fingerprint density at radius 1 is 0.686 bits per heavy atom. The molecule has 2 aliphatic heterocycles. The number of carbonyl (C=O) groups is 2. The second-order valence-electron chi connectivity index (χ2n) is 13.7. The largest absolute Gasteiger partial charge is 0.460 e. The second-order valence-corrected chi connectivity index (χ2v) is 13.7. The quantitative estimate of drug-likeness (QED) is 0.186. The highest BCUT2D eigenvalue weighted by Gasteiger charge is 2.44. The fourth-order valence-electron chi connectivity index (χ4n) is 7.03. The van der Waals surface area contributed by atoms with Gasteiger partial charge in [0, 0.05) is 34.5 Å². The first kappa shape index (κ1) is 35.1. The minimum Gasteiger partial charge on any atom is -0.460 e. The number of nitrogens with zero attached hydrogens (tertiary/aromatic N) is 2. The van der Waals surface area contributed by atoms with E-state index in [9.17, 15) is 9.59 Å². The van der Waals surface area contributed by atoms with Crippen LogP contribution in [0.2, 0.25) is 0 Å². The molecule has 258 valence electrons. The van der Waals surface area contributed by atoms with Crippen LogP contribution in [0.1, 0.15) is 38.8 Å². The number of ether oxygens (including phenoxy) is 2. The lowest BCUT2D eigenvalue weighted by molar-refractivity contribution is -0.440. The summed E-state index contributed by atoms with van der Waals surface area (Å²) in [6.07, 6.45) is 32.3. The monoisotopic (exact) mass is 677 g/mol. The molecule has 0 amide bonds. The summed E-state index contributed by atoms with van der Waals surface area (Å²) in [5.74, 6) is -0.694. The van der Waals surface area contributed by atoms with Crippen molar-refractivity contribution < 1.29 is 23.6 Å². The second kappa shape index (κ2) is 15.4. The lowest BCUT2D eigenvalue weighted by Crippen LogP contribution is -2.30. The number of hydrogen-bond donors (Lipinski definition) is 0. The van der Waals surface area contributed by atoms with Gasteiger partial charge in [0.05, 0.1) is 23.1 Å². The lowest BCUT2D eigenvalue weighted by Gasteiger charge is -2.27. The van der Waals surface area contributed by atoms with Gasteiger partial charge < -0.3 is 14.4 Å². The third kappa shape index (κ3) is 7.56. The number of esters is 2. The molecule has 0 aromatic heterocycles. The van der Waals surface area contributed by atoms with Crippen molar-refractivity contribution in [3.05, 3.63) is 180 Å². The summed E-state index contributed by atoms with van der Waals surface area (Å²) >= 11 is 0. The highest BCUT2D eigenvalue weighted by molar-refractivity contribution is 6.03. The summed E-state index contributed by atoms with van der Waals surface area (Å²) in [5, 5.41) is 0. The maximum Gasteiger partial charge on any atom is 0.338 e. The summed E-state index contributed by atoms with van der Waals surface area (Å²) in [4.78, 5) is 28.1. The summed E-state index contributed by atoms with van der Waals surface area (Å²) < 4.78 is 13.8. The highest BCUT2D eigenvalue weighted by atomic mass is 16.5. The molecule has 0 unspecified atom stereocenters. The Hall–Kier alpha value is -5.75. The van der Waals surface area contributed by atoms with Gasteiger partial charge in [-0.05, 0) is 55.9 Å². The van der Waals surface area contributed by atoms with E-state index < -0.39 is 0 Å². The molecular weight excluding hydrogens is 633 g/mol. The van der Waals surface area contributed by atoms with E-state index in [0.29, 0.717) is 24.2 Å². The van der Waals surface area contributed by atoms with Gasteiger partial charge in [0.1, 0.15) is 6.61 Å². The Morgan fingerprint density at radius 2 is 1.25 bits per heavy atom. The smallest absolute Gasteiger partial charge is 0.338 e. The van der Waals surface area contributed by atoms with Crippen LogP contribution in [-0.2, 0) is 29.9 Å². The third-order valence-corrected chi connectivity index (χ3v) is 9.67. The first-order valence-corrected chi connectivity index (χ1v) is 17.5. The van der Waals surface area contributed by atoms with Crippen molar-refractivity contribution in [3.8, 4) is 0 Å². The molecule has 6 nitrogen and oxygen atoms in total. The zero-order chi connectivity index (χ0) is 35.8. The van der Waals surface area contributed by atoms with Crippen molar-refractivity contribution in [1.29, 1.82) is 0 Å². The summed E-state index contributed by atoms with van der Waals surface area (Å²) in [7, 11) is 0. The molecule has 2 aromatic carbocycles. The van der Waals surface area contributed by atoms with Gasteiger partial charge in [0.2, 0.25) is 5.69 Å². The van der Waals surface area contributed by atoms with Crippen LogP contribution in [0.3, 0.4) is 0 Å². The number of rotatable bonds is 10. The molecule has 51 heavy (non-hydrogen) atoms. The number of anilines is 1. The van der Waals surface area contributed by atoms with Crippen molar-refractivity contribution in [1.82, 2.24) is 0 Å². The molecule has 4 aliphatic rings. The topological polar surface area (TPSA) is 58.9 Å². The Balaban J connectivity index is 1.24. The van der Waals surface area contributed by atoms with E-state index in [0.717, 1.165) is 22.8 Å². The SMILES string of the molecule is CC1(C)C(/C=C/C=C2/N(CCOC(=O)C3=C/C=C\C=C/C=C3)c3ccccc3C2(C)C)=[N+](CCOC(=O)C2=C/C=C\C=C/C=C2)c2ccccc21. The summed E-state index contributed by atoms with van der Waals surface area (Å²) in [6.45, 7) is 10.4. The lowest BCUT2D eigenvalue weighted by atomic mass is 9.81. The molecular formula is C45H45N2O4+. The maximum absolute atomic E-state index is 12.9. The normalized spacial score (nSPS) is 21.5. The van der Waals surface area contributed by atoms with Gasteiger partial charge in [0.25, 0.3) is 0 Å². The van der Waals surface area contributed by atoms with Crippen LogP contribution in [0.4, 0.5) is 11.4 Å². The number of hydrogen-bond acceptors (Lipinski definition) is 5. The van der Waals surface area contributed by atoms with Gasteiger partial charge in [0.15, 0.2) is 18.9 Å². The fourth-order valence-corrected chi connectivity index (χ4v) is 7.03. The average Bonchev–Trinajstić information content (AvgIpc) is 3.43. The third-order valence-electron chi connectivity index (χ3n) is 9.67. The van der Waals surface area contributed by atoms with E-state index >= 15 is 0 Å². The zero-order valence-electron chi connectivity index (χ0n) is 29.8. The minimum absolute atomic E-state index is 0.237. The van der Waals surface area contributed by atoms with Gasteiger partial charge >= 0.3 is 11.9 Å². The summed E-state index contributed by atoms with van der Waals surface area (Å²) in [6, 6.07) is 16.8. The Kier molecular flexibility index (Phi) is 10.6. The first-order valence-electron chi connectivity index (χ1n) is 17.5. The predicted octanol–water partition coefficient (Wildman–Crippen LogP) is 8.60. The molecule has 2 aliphatic carbocycles. The Labute approximate surface area is 301 Å². The maximum atomic E-state index is 12.9. The van der Waals surface area contributed by atoms with Crippen LogP contribution in [0.15, 0.2) is 169 Å². The van der Waals surface area contributed by atoms with Crippen LogP contribution in [0.25, 0.3) is 0 Å². The van der Waals surface area contributed by atoms with Gasteiger partial charge in [-0.2, -0.15) is 4.58 Å². The van der Waals surface area contributed by atoms with E-state index in [2.05, 4.69) is 91.8 Å². The van der Waals surface area contributed by atoms with Crippen molar-refractivity contribution in [2.24, 2.45) is 0 Å². The Bertz CT molecular complexity index is 2040. The Morgan fingerprint density at radius 3 is 1.94 bits per heavy atom. The molecule has 0 atom stereocenters. The van der Waals surface area contributed by atoms with Crippen LogP contribution in [0, 0.1) is 0 Å².